The molecular formula is C25H29N3O4. The number of carbonyl (C=O) groups excluding carboxylic acids is 2. The maximum atomic E-state index is 13.4. The smallest absolute Gasteiger partial charge is 0.254 e. The highest BCUT2D eigenvalue weighted by molar-refractivity contribution is 5.94. The number of nitrogens with zero attached hydrogens (tertiary/aromatic N) is 2. The SMILES string of the molecule is COCC(=O)Nc1ccc(N(C)C)c(CN(Cc2ccco2)C(=O)c2cccc(C)c2)c1. The molecule has 3 aromatic rings. The van der Waals surface area contributed by atoms with Crippen molar-refractivity contribution in [3.05, 3.63) is 83.3 Å². The van der Waals surface area contributed by atoms with Gasteiger partial charge in [-0.15, -0.1) is 0 Å². The molecule has 0 saturated heterocycles. The second kappa shape index (κ2) is 10.6. The van der Waals surface area contributed by atoms with E-state index in [9.17, 15) is 9.59 Å². The molecule has 0 aliphatic carbocycles. The number of hydrogen-bond donors (Lipinski definition) is 1. The highest BCUT2D eigenvalue weighted by Gasteiger charge is 2.20. The van der Waals surface area contributed by atoms with Crippen LogP contribution in [0.5, 0.6) is 0 Å². The van der Waals surface area contributed by atoms with Crippen LogP contribution in [0.25, 0.3) is 0 Å². The minimum absolute atomic E-state index is 0.0266. The van der Waals surface area contributed by atoms with Crippen LogP contribution in [0.4, 0.5) is 11.4 Å². The van der Waals surface area contributed by atoms with Gasteiger partial charge >= 0.3 is 0 Å². The fraction of sp³-hybridized carbons (Fsp3) is 0.280. The van der Waals surface area contributed by atoms with Gasteiger partial charge in [-0.1, -0.05) is 17.7 Å². The highest BCUT2D eigenvalue weighted by Crippen LogP contribution is 2.26. The van der Waals surface area contributed by atoms with Gasteiger partial charge in [0.15, 0.2) is 0 Å². The summed E-state index contributed by atoms with van der Waals surface area (Å²) in [7, 11) is 5.37. The molecule has 0 unspecified atom stereocenters. The maximum absolute atomic E-state index is 13.4. The lowest BCUT2D eigenvalue weighted by Gasteiger charge is -2.26. The summed E-state index contributed by atoms with van der Waals surface area (Å²) in [4.78, 5) is 29.2. The van der Waals surface area contributed by atoms with E-state index in [2.05, 4.69) is 5.32 Å². The number of anilines is 2. The molecule has 0 fully saturated rings. The number of carbonyl (C=O) groups is 2. The van der Waals surface area contributed by atoms with Gasteiger partial charge in [0.2, 0.25) is 5.91 Å². The molecule has 0 aliphatic rings. The van der Waals surface area contributed by atoms with Crippen LogP contribution in [0.2, 0.25) is 0 Å². The number of benzene rings is 2. The van der Waals surface area contributed by atoms with E-state index in [4.69, 9.17) is 9.15 Å². The lowest BCUT2D eigenvalue weighted by Crippen LogP contribution is -2.31. The third-order valence-corrected chi connectivity index (χ3v) is 4.96. The zero-order valence-corrected chi connectivity index (χ0v) is 18.9. The van der Waals surface area contributed by atoms with Crippen molar-refractivity contribution in [2.75, 3.05) is 38.0 Å². The van der Waals surface area contributed by atoms with Gasteiger partial charge in [-0.3, -0.25) is 9.59 Å². The zero-order chi connectivity index (χ0) is 23.1. The molecular weight excluding hydrogens is 406 g/mol. The molecule has 0 atom stereocenters. The molecule has 168 valence electrons. The van der Waals surface area contributed by atoms with Crippen LogP contribution in [0.3, 0.4) is 0 Å². The molecule has 7 nitrogen and oxygen atoms in total. The molecule has 1 heterocycles. The monoisotopic (exact) mass is 435 g/mol. The topological polar surface area (TPSA) is 75.0 Å². The number of rotatable bonds is 9. The second-order valence-electron chi connectivity index (χ2n) is 7.83. The van der Waals surface area contributed by atoms with Crippen molar-refractivity contribution in [2.45, 2.75) is 20.0 Å². The third-order valence-electron chi connectivity index (χ3n) is 4.96. The van der Waals surface area contributed by atoms with Crippen LogP contribution >= 0.6 is 0 Å². The Morgan fingerprint density at radius 3 is 2.50 bits per heavy atom. The molecule has 0 saturated carbocycles. The molecule has 2 amide bonds. The Kier molecular flexibility index (Phi) is 7.68. The van der Waals surface area contributed by atoms with Crippen LogP contribution in [0.15, 0.2) is 65.3 Å². The zero-order valence-electron chi connectivity index (χ0n) is 18.9. The fourth-order valence-corrected chi connectivity index (χ4v) is 3.51. The average molecular weight is 436 g/mol. The summed E-state index contributed by atoms with van der Waals surface area (Å²) in [6.45, 7) is 2.60. The van der Waals surface area contributed by atoms with Gasteiger partial charge < -0.3 is 24.3 Å². The van der Waals surface area contributed by atoms with Crippen molar-refractivity contribution >= 4 is 23.2 Å². The largest absolute Gasteiger partial charge is 0.467 e. The number of aryl methyl sites for hydroxylation is 1. The summed E-state index contributed by atoms with van der Waals surface area (Å²) in [6.07, 6.45) is 1.60. The van der Waals surface area contributed by atoms with Crippen molar-refractivity contribution in [3.8, 4) is 0 Å². The molecule has 0 radical (unpaired) electrons. The number of nitrogens with one attached hydrogen (secondary N) is 1. The lowest BCUT2D eigenvalue weighted by molar-refractivity contribution is -0.119. The summed E-state index contributed by atoms with van der Waals surface area (Å²) in [5.74, 6) is 0.366. The Hall–Kier alpha value is -3.58. The Bertz CT molecular complexity index is 1060. The maximum Gasteiger partial charge on any atom is 0.254 e. The molecule has 32 heavy (non-hydrogen) atoms. The molecule has 1 aromatic heterocycles. The molecule has 3 rings (SSSR count). The van der Waals surface area contributed by atoms with Crippen LogP contribution < -0.4 is 10.2 Å². The van der Waals surface area contributed by atoms with Crippen LogP contribution in [-0.2, 0) is 22.6 Å². The molecule has 7 heteroatoms. The quantitative estimate of drug-likeness (QED) is 0.548. The van der Waals surface area contributed by atoms with Crippen molar-refractivity contribution in [1.82, 2.24) is 4.90 Å². The van der Waals surface area contributed by atoms with Gasteiger partial charge in [0.05, 0.1) is 12.8 Å². The third kappa shape index (κ3) is 5.98. The molecule has 0 spiro atoms. The second-order valence-corrected chi connectivity index (χ2v) is 7.83. The minimum Gasteiger partial charge on any atom is -0.467 e. The average Bonchev–Trinajstić information content (AvgIpc) is 3.26. The Morgan fingerprint density at radius 1 is 1.03 bits per heavy atom. The van der Waals surface area contributed by atoms with E-state index in [1.54, 1.807) is 11.2 Å². The first-order chi connectivity index (χ1) is 15.4. The van der Waals surface area contributed by atoms with Crippen LogP contribution in [-0.4, -0.2) is 44.5 Å². The number of ether oxygens (including phenoxy) is 1. The predicted molar refractivity (Wildman–Crippen MR) is 125 cm³/mol. The van der Waals surface area contributed by atoms with Gasteiger partial charge in [0.25, 0.3) is 5.91 Å². The first-order valence-electron chi connectivity index (χ1n) is 10.3. The van der Waals surface area contributed by atoms with Gasteiger partial charge in [-0.05, 0) is 55.0 Å². The number of amides is 2. The van der Waals surface area contributed by atoms with E-state index in [1.807, 2.05) is 80.5 Å². The Labute approximate surface area is 188 Å². The molecule has 0 bridgehead atoms. The van der Waals surface area contributed by atoms with Crippen molar-refractivity contribution in [1.29, 1.82) is 0 Å². The molecule has 2 aromatic carbocycles. The summed E-state index contributed by atoms with van der Waals surface area (Å²) >= 11 is 0. The number of methoxy groups -OCH3 is 1. The van der Waals surface area contributed by atoms with Gasteiger partial charge in [-0.2, -0.15) is 0 Å². The van der Waals surface area contributed by atoms with E-state index in [-0.39, 0.29) is 18.4 Å². The van der Waals surface area contributed by atoms with Crippen molar-refractivity contribution in [2.24, 2.45) is 0 Å². The van der Waals surface area contributed by atoms with E-state index in [1.165, 1.54) is 7.11 Å². The highest BCUT2D eigenvalue weighted by atomic mass is 16.5. The summed E-state index contributed by atoms with van der Waals surface area (Å²) in [5, 5.41) is 2.83. The first kappa shape index (κ1) is 23.1. The minimum atomic E-state index is -0.237. The fourth-order valence-electron chi connectivity index (χ4n) is 3.51. The number of hydrogen-bond acceptors (Lipinski definition) is 5. The normalized spacial score (nSPS) is 10.6. The van der Waals surface area contributed by atoms with Crippen molar-refractivity contribution in [3.63, 3.8) is 0 Å². The number of furan rings is 1. The van der Waals surface area contributed by atoms with E-state index in [0.29, 0.717) is 30.1 Å². The van der Waals surface area contributed by atoms with Crippen LogP contribution in [0.1, 0.15) is 27.2 Å². The summed E-state index contributed by atoms with van der Waals surface area (Å²) in [6, 6.07) is 16.9. The van der Waals surface area contributed by atoms with E-state index >= 15 is 0 Å². The summed E-state index contributed by atoms with van der Waals surface area (Å²) < 4.78 is 10.4. The van der Waals surface area contributed by atoms with Crippen molar-refractivity contribution < 1.29 is 18.7 Å². The summed E-state index contributed by atoms with van der Waals surface area (Å²) in [5.41, 5.74) is 4.14. The predicted octanol–water partition coefficient (Wildman–Crippen LogP) is 4.08. The van der Waals surface area contributed by atoms with Gasteiger partial charge in [0, 0.05) is 44.7 Å². The van der Waals surface area contributed by atoms with E-state index in [0.717, 1.165) is 16.8 Å². The molecule has 0 aliphatic heterocycles. The van der Waals surface area contributed by atoms with Crippen LogP contribution in [0, 0.1) is 6.92 Å². The first-order valence-corrected chi connectivity index (χ1v) is 10.3. The standard InChI is InChI=1S/C25H29N3O4/c1-18-7-5-8-19(13-18)25(30)28(16-22-9-6-12-32-22)15-20-14-21(26-24(29)17-31-4)10-11-23(20)27(2)3/h5-14H,15-17H2,1-4H3,(H,26,29). The van der Waals surface area contributed by atoms with E-state index < -0.39 is 0 Å². The lowest BCUT2D eigenvalue weighted by atomic mass is 10.1. The molecule has 1 N–H and O–H groups in total. The van der Waals surface area contributed by atoms with Gasteiger partial charge in [-0.25, -0.2) is 0 Å². The Morgan fingerprint density at radius 2 is 1.84 bits per heavy atom. The van der Waals surface area contributed by atoms with Gasteiger partial charge in [0.1, 0.15) is 12.4 Å². The Balaban J connectivity index is 1.94.